The van der Waals surface area contributed by atoms with Gasteiger partial charge in [-0.2, -0.15) is 10.1 Å². The highest BCUT2D eigenvalue weighted by Gasteiger charge is 2.34. The Morgan fingerprint density at radius 1 is 0.878 bits per heavy atom. The molecule has 1 aliphatic heterocycles. The van der Waals surface area contributed by atoms with E-state index in [9.17, 15) is 18.0 Å². The Bertz CT molecular complexity index is 1380. The van der Waals surface area contributed by atoms with Crippen molar-refractivity contribution in [1.82, 2.24) is 0 Å². The number of sulfone groups is 1. The number of amides is 2. The molecule has 1 heterocycles. The van der Waals surface area contributed by atoms with Gasteiger partial charge in [0.05, 0.1) is 37.8 Å². The minimum Gasteiger partial charge on any atom is -0.274 e. The highest BCUT2D eigenvalue weighted by molar-refractivity contribution is 7.91. The van der Waals surface area contributed by atoms with Crippen LogP contribution < -0.4 is 9.91 Å². The van der Waals surface area contributed by atoms with Crippen molar-refractivity contribution < 1.29 is 18.0 Å². The summed E-state index contributed by atoms with van der Waals surface area (Å²) in [5.41, 5.74) is 0.347. The number of unbranched alkanes of at least 4 members (excludes halogenated alkanes) is 9. The molecule has 0 radical (unpaired) electrons. The fourth-order valence-corrected chi connectivity index (χ4v) is 7.40. The van der Waals surface area contributed by atoms with Crippen LogP contribution in [0.15, 0.2) is 40.3 Å². The summed E-state index contributed by atoms with van der Waals surface area (Å²) >= 11 is 25.0. The van der Waals surface area contributed by atoms with Crippen LogP contribution in [0.3, 0.4) is 0 Å². The molecule has 0 fully saturated rings. The van der Waals surface area contributed by atoms with Crippen molar-refractivity contribution in [3.63, 3.8) is 0 Å². The van der Waals surface area contributed by atoms with Crippen LogP contribution in [-0.2, 0) is 19.4 Å². The number of nitrogens with zero attached hydrogens (tertiary/aromatic N) is 3. The highest BCUT2D eigenvalue weighted by Crippen LogP contribution is 2.39. The number of hydrazone groups is 1. The Morgan fingerprint density at radius 3 is 1.98 bits per heavy atom. The van der Waals surface area contributed by atoms with Gasteiger partial charge in [-0.15, -0.1) is 0 Å². The summed E-state index contributed by atoms with van der Waals surface area (Å²) in [6.07, 6.45) is 10.8. The van der Waals surface area contributed by atoms with Gasteiger partial charge in [0.25, 0.3) is 5.91 Å². The van der Waals surface area contributed by atoms with Gasteiger partial charge in [0.2, 0.25) is 5.91 Å². The highest BCUT2D eigenvalue weighted by atomic mass is 35.5. The first-order valence-corrected chi connectivity index (χ1v) is 17.0. The van der Waals surface area contributed by atoms with Gasteiger partial charge >= 0.3 is 0 Å². The molecule has 1 aliphatic rings. The molecule has 0 unspecified atom stereocenters. The predicted octanol–water partition coefficient (Wildman–Crippen LogP) is 9.10. The Hall–Kier alpha value is -1.84. The maximum atomic E-state index is 13.0. The van der Waals surface area contributed by atoms with Crippen LogP contribution in [0.4, 0.5) is 11.4 Å². The van der Waals surface area contributed by atoms with E-state index >= 15 is 0 Å². The molecule has 7 nitrogen and oxygen atoms in total. The quantitative estimate of drug-likeness (QED) is 0.189. The molecule has 2 amide bonds. The second-order valence-corrected chi connectivity index (χ2v) is 13.9. The second kappa shape index (κ2) is 15.6. The summed E-state index contributed by atoms with van der Waals surface area (Å²) in [6, 6.07) is 7.07. The van der Waals surface area contributed by atoms with Gasteiger partial charge in [-0.05, 0) is 36.8 Å². The van der Waals surface area contributed by atoms with E-state index in [-0.39, 0.29) is 49.3 Å². The lowest BCUT2D eigenvalue weighted by molar-refractivity contribution is -0.116. The number of carbonyl (C=O) groups is 2. The molecule has 2 aromatic carbocycles. The molecule has 0 atom stereocenters. The van der Waals surface area contributed by atoms with Crippen LogP contribution in [0.25, 0.3) is 0 Å². The molecule has 0 saturated heterocycles. The summed E-state index contributed by atoms with van der Waals surface area (Å²) in [4.78, 5) is 26.8. The molecule has 0 N–H and O–H groups in total. The first kappa shape index (κ1) is 33.7. The van der Waals surface area contributed by atoms with E-state index in [1.807, 2.05) is 0 Å². The number of hydrogen-bond donors (Lipinski definition) is 0. The number of rotatable bonds is 14. The van der Waals surface area contributed by atoms with Crippen LogP contribution in [0, 0.1) is 0 Å². The minimum atomic E-state index is -3.56. The van der Waals surface area contributed by atoms with Crippen LogP contribution in [0.1, 0.15) is 84.5 Å². The Kier molecular flexibility index (Phi) is 12.8. The van der Waals surface area contributed by atoms with Gasteiger partial charge in [0, 0.05) is 11.9 Å². The molecule has 224 valence electrons. The SMILES string of the molecule is CCCCCCCCCCCCS(=O)(=O)c1ccc(N(C(C)=O)C2=NN(c3c(Cl)cc(Cl)cc3Cl)C(=O)C2)c(Cl)c1. The first-order valence-electron chi connectivity index (χ1n) is 13.8. The van der Waals surface area contributed by atoms with Crippen LogP contribution >= 0.6 is 46.4 Å². The lowest BCUT2D eigenvalue weighted by atomic mass is 10.1. The number of carbonyl (C=O) groups excluding carboxylic acids is 2. The van der Waals surface area contributed by atoms with Crippen molar-refractivity contribution in [1.29, 1.82) is 0 Å². The Morgan fingerprint density at radius 2 is 1.44 bits per heavy atom. The van der Waals surface area contributed by atoms with Crippen molar-refractivity contribution >= 4 is 85.3 Å². The zero-order valence-corrected chi connectivity index (χ0v) is 27.1. The van der Waals surface area contributed by atoms with Gasteiger partial charge in [0.15, 0.2) is 9.84 Å². The van der Waals surface area contributed by atoms with E-state index in [1.165, 1.54) is 80.7 Å². The Labute approximate surface area is 262 Å². The molecule has 3 rings (SSSR count). The molecule has 0 aliphatic carbocycles. The minimum absolute atomic E-state index is 0.0222. The lowest BCUT2D eigenvalue weighted by Crippen LogP contribution is -2.34. The molecule has 0 bridgehead atoms. The topological polar surface area (TPSA) is 87.1 Å². The number of benzene rings is 2. The normalized spacial score (nSPS) is 13.6. The lowest BCUT2D eigenvalue weighted by Gasteiger charge is -2.22. The van der Waals surface area contributed by atoms with Crippen LogP contribution in [0.2, 0.25) is 20.1 Å². The maximum absolute atomic E-state index is 13.0. The standard InChI is InChI=1S/C29H35Cl4N3O4S/c1-3-4-5-6-7-8-9-10-11-12-15-41(39,40)22-13-14-26(23(31)18-22)35(20(2)37)27-19-28(38)36(34-27)29-24(32)16-21(30)17-25(29)33/h13-14,16-18H,3-12,15,19H2,1-2H3. The zero-order valence-electron chi connectivity index (χ0n) is 23.3. The maximum Gasteiger partial charge on any atom is 0.255 e. The Balaban J connectivity index is 1.68. The number of anilines is 2. The van der Waals surface area contributed by atoms with Gasteiger partial charge in [-0.1, -0.05) is 111 Å². The van der Waals surface area contributed by atoms with Crippen molar-refractivity contribution in [3.8, 4) is 0 Å². The molecule has 0 saturated carbocycles. The fourth-order valence-electron chi connectivity index (χ4n) is 4.70. The zero-order chi connectivity index (χ0) is 30.2. The summed E-state index contributed by atoms with van der Waals surface area (Å²) < 4.78 is 25.9. The number of hydrogen-bond acceptors (Lipinski definition) is 5. The smallest absolute Gasteiger partial charge is 0.255 e. The summed E-state index contributed by atoms with van der Waals surface area (Å²) in [5.74, 6) is -0.819. The van der Waals surface area contributed by atoms with E-state index in [1.54, 1.807) is 0 Å². The summed E-state index contributed by atoms with van der Waals surface area (Å²) in [6.45, 7) is 3.50. The molecule has 41 heavy (non-hydrogen) atoms. The summed E-state index contributed by atoms with van der Waals surface area (Å²) in [7, 11) is -3.56. The van der Waals surface area contributed by atoms with E-state index in [0.29, 0.717) is 11.4 Å². The number of amidine groups is 1. The van der Waals surface area contributed by atoms with E-state index in [0.717, 1.165) is 24.3 Å². The molecule has 2 aromatic rings. The van der Waals surface area contributed by atoms with Crippen molar-refractivity contribution in [3.05, 3.63) is 50.4 Å². The van der Waals surface area contributed by atoms with Crippen LogP contribution in [0.5, 0.6) is 0 Å². The third-order valence-corrected chi connectivity index (χ3v) is 9.71. The number of halogens is 4. The molecule has 0 spiro atoms. The van der Waals surface area contributed by atoms with Crippen molar-refractivity contribution in [2.45, 2.75) is 89.4 Å². The van der Waals surface area contributed by atoms with Crippen LogP contribution in [-0.4, -0.2) is 31.8 Å². The van der Waals surface area contributed by atoms with Gasteiger partial charge < -0.3 is 0 Å². The second-order valence-electron chi connectivity index (χ2n) is 10.1. The molecule has 12 heteroatoms. The van der Waals surface area contributed by atoms with Gasteiger partial charge in [-0.25, -0.2) is 8.42 Å². The van der Waals surface area contributed by atoms with Gasteiger partial charge in [-0.3, -0.25) is 14.5 Å². The molecular weight excluding hydrogens is 628 g/mol. The van der Waals surface area contributed by atoms with E-state index in [2.05, 4.69) is 12.0 Å². The monoisotopic (exact) mass is 661 g/mol. The molecular formula is C29H35Cl4N3O4S. The predicted molar refractivity (Wildman–Crippen MR) is 170 cm³/mol. The van der Waals surface area contributed by atoms with Gasteiger partial charge in [0.1, 0.15) is 11.5 Å². The third kappa shape index (κ3) is 9.07. The largest absolute Gasteiger partial charge is 0.274 e. The average Bonchev–Trinajstić information content (AvgIpc) is 3.25. The van der Waals surface area contributed by atoms with E-state index < -0.39 is 21.7 Å². The average molecular weight is 663 g/mol. The fraction of sp³-hybridized carbons (Fsp3) is 0.483. The molecule has 0 aromatic heterocycles. The third-order valence-electron chi connectivity index (χ3n) is 6.81. The van der Waals surface area contributed by atoms with E-state index in [4.69, 9.17) is 46.4 Å². The first-order chi connectivity index (χ1) is 19.5. The van der Waals surface area contributed by atoms with Crippen molar-refractivity contribution in [2.75, 3.05) is 15.7 Å². The summed E-state index contributed by atoms with van der Waals surface area (Å²) in [5, 5.41) is 5.89. The van der Waals surface area contributed by atoms with Crippen molar-refractivity contribution in [2.24, 2.45) is 5.10 Å².